The van der Waals surface area contributed by atoms with Crippen LogP contribution in [-0.2, 0) is 10.0 Å². The van der Waals surface area contributed by atoms with Crippen LogP contribution < -0.4 is 15.2 Å². The third-order valence-corrected chi connectivity index (χ3v) is 2.96. The number of sulfonamides is 1. The van der Waals surface area contributed by atoms with Gasteiger partial charge in [-0.3, -0.25) is 4.79 Å². The fourth-order valence-corrected chi connectivity index (χ4v) is 1.84. The van der Waals surface area contributed by atoms with Gasteiger partial charge >= 0.3 is 0 Å². The van der Waals surface area contributed by atoms with Gasteiger partial charge in [0.2, 0.25) is 15.9 Å². The molecule has 1 amide bonds. The van der Waals surface area contributed by atoms with Gasteiger partial charge in [-0.25, -0.2) is 18.5 Å². The van der Waals surface area contributed by atoms with Gasteiger partial charge in [0, 0.05) is 12.7 Å². The summed E-state index contributed by atoms with van der Waals surface area (Å²) >= 11 is 0. The lowest BCUT2D eigenvalue weighted by molar-refractivity contribution is 0.0950. The highest BCUT2D eigenvalue weighted by molar-refractivity contribution is 7.89. The van der Waals surface area contributed by atoms with E-state index in [9.17, 15) is 13.2 Å². The summed E-state index contributed by atoms with van der Waals surface area (Å²) in [5, 5.41) is 7.41. The number of nitrogens with two attached hydrogens (primary N) is 1. The second-order valence-electron chi connectivity index (χ2n) is 3.54. The Kier molecular flexibility index (Phi) is 5.05. The third kappa shape index (κ3) is 4.68. The molecule has 8 heteroatoms. The predicted octanol–water partition coefficient (Wildman–Crippen LogP) is -0.501. The average molecular weight is 273 g/mol. The van der Waals surface area contributed by atoms with Crippen LogP contribution in [0.4, 0.5) is 0 Å². The summed E-state index contributed by atoms with van der Waals surface area (Å²) in [4.78, 5) is 15.6. The Bertz CT molecular complexity index is 516. The molecule has 0 radical (unpaired) electrons. The number of nitrogens with one attached hydrogen (secondary N) is 1. The molecule has 0 bridgehead atoms. The fourth-order valence-electron chi connectivity index (χ4n) is 1.30. The van der Waals surface area contributed by atoms with Crippen LogP contribution in [0, 0.1) is 0 Å². The number of hydrogen-bond acceptors (Lipinski definition) is 5. The van der Waals surface area contributed by atoms with Crippen molar-refractivity contribution in [3.8, 4) is 5.88 Å². The van der Waals surface area contributed by atoms with Gasteiger partial charge in [-0.15, -0.1) is 0 Å². The lowest BCUT2D eigenvalue weighted by Gasteiger charge is -2.07. The van der Waals surface area contributed by atoms with E-state index < -0.39 is 10.0 Å². The molecule has 1 rings (SSSR count). The van der Waals surface area contributed by atoms with Crippen LogP contribution in [0.1, 0.15) is 16.8 Å². The molecule has 0 saturated heterocycles. The number of nitrogens with zero attached hydrogens (tertiary/aromatic N) is 1. The van der Waals surface area contributed by atoms with Gasteiger partial charge in [-0.2, -0.15) is 0 Å². The van der Waals surface area contributed by atoms with Gasteiger partial charge in [-0.05, 0) is 18.6 Å². The molecule has 0 aliphatic rings. The van der Waals surface area contributed by atoms with Crippen molar-refractivity contribution in [1.29, 1.82) is 0 Å². The van der Waals surface area contributed by atoms with Crippen molar-refractivity contribution in [3.05, 3.63) is 23.9 Å². The maximum Gasteiger partial charge on any atom is 0.256 e. The van der Waals surface area contributed by atoms with Crippen LogP contribution in [0.15, 0.2) is 18.3 Å². The maximum atomic E-state index is 11.7. The molecular weight excluding hydrogens is 258 g/mol. The van der Waals surface area contributed by atoms with Crippen LogP contribution in [-0.4, -0.2) is 38.7 Å². The van der Waals surface area contributed by atoms with Crippen molar-refractivity contribution >= 4 is 15.9 Å². The molecule has 0 fully saturated rings. The van der Waals surface area contributed by atoms with Crippen molar-refractivity contribution in [2.75, 3.05) is 19.4 Å². The highest BCUT2D eigenvalue weighted by Crippen LogP contribution is 2.12. The molecule has 7 nitrogen and oxygen atoms in total. The molecule has 100 valence electrons. The molecule has 1 heterocycles. The summed E-state index contributed by atoms with van der Waals surface area (Å²) < 4.78 is 26.3. The Hall–Kier alpha value is -1.67. The van der Waals surface area contributed by atoms with Crippen molar-refractivity contribution in [2.24, 2.45) is 5.14 Å². The standard InChI is InChI=1S/C10H15N3O4S/c1-17-10-8(4-2-5-13-10)9(14)12-6-3-7-18(11,15)16/h2,4-5H,3,6-7H2,1H3,(H,12,14)(H2,11,15,16). The molecule has 0 atom stereocenters. The number of hydrogen-bond donors (Lipinski definition) is 2. The minimum Gasteiger partial charge on any atom is -0.480 e. The number of carbonyl (C=O) groups excluding carboxylic acids is 1. The number of carbonyl (C=O) groups is 1. The van der Waals surface area contributed by atoms with Crippen LogP contribution in [0.5, 0.6) is 5.88 Å². The van der Waals surface area contributed by atoms with E-state index in [2.05, 4.69) is 10.3 Å². The van der Waals surface area contributed by atoms with E-state index in [-0.39, 0.29) is 30.5 Å². The molecule has 0 aliphatic heterocycles. The Morgan fingerprint density at radius 1 is 1.56 bits per heavy atom. The minimum absolute atomic E-state index is 0.169. The summed E-state index contributed by atoms with van der Waals surface area (Å²) in [6, 6.07) is 3.18. The van der Waals surface area contributed by atoms with E-state index >= 15 is 0 Å². The Balaban J connectivity index is 2.51. The SMILES string of the molecule is COc1ncccc1C(=O)NCCCS(N)(=O)=O. The number of aromatic nitrogens is 1. The van der Waals surface area contributed by atoms with Gasteiger partial charge in [0.05, 0.1) is 12.9 Å². The number of pyridine rings is 1. The van der Waals surface area contributed by atoms with Gasteiger partial charge in [0.25, 0.3) is 5.91 Å². The lowest BCUT2D eigenvalue weighted by Crippen LogP contribution is -2.27. The van der Waals surface area contributed by atoms with E-state index in [0.29, 0.717) is 5.56 Å². The molecule has 0 saturated carbocycles. The van der Waals surface area contributed by atoms with E-state index in [1.54, 1.807) is 12.1 Å². The van der Waals surface area contributed by atoms with Crippen LogP contribution in [0.2, 0.25) is 0 Å². The highest BCUT2D eigenvalue weighted by Gasteiger charge is 2.12. The molecule has 0 aromatic carbocycles. The predicted molar refractivity (Wildman–Crippen MR) is 65.7 cm³/mol. The van der Waals surface area contributed by atoms with Crippen molar-refractivity contribution in [1.82, 2.24) is 10.3 Å². The van der Waals surface area contributed by atoms with Gasteiger partial charge in [-0.1, -0.05) is 0 Å². The molecule has 18 heavy (non-hydrogen) atoms. The normalized spacial score (nSPS) is 11.0. The number of primary sulfonamides is 1. The quantitative estimate of drug-likeness (QED) is 0.679. The smallest absolute Gasteiger partial charge is 0.256 e. The number of rotatable bonds is 6. The maximum absolute atomic E-state index is 11.7. The number of methoxy groups -OCH3 is 1. The van der Waals surface area contributed by atoms with Gasteiger partial charge in [0.1, 0.15) is 5.56 Å². The fraction of sp³-hybridized carbons (Fsp3) is 0.400. The second kappa shape index (κ2) is 6.31. The zero-order valence-electron chi connectivity index (χ0n) is 9.92. The highest BCUT2D eigenvalue weighted by atomic mass is 32.2. The zero-order chi connectivity index (χ0) is 13.6. The lowest BCUT2D eigenvalue weighted by atomic mass is 10.2. The van der Waals surface area contributed by atoms with E-state index in [4.69, 9.17) is 9.88 Å². The first-order valence-corrected chi connectivity index (χ1v) is 6.93. The summed E-state index contributed by atoms with van der Waals surface area (Å²) in [6.07, 6.45) is 1.77. The summed E-state index contributed by atoms with van der Waals surface area (Å²) in [7, 11) is -2.07. The van der Waals surface area contributed by atoms with E-state index in [0.717, 1.165) is 0 Å². The third-order valence-electron chi connectivity index (χ3n) is 2.10. The number of ether oxygens (including phenoxy) is 1. The first-order chi connectivity index (χ1) is 8.44. The first-order valence-electron chi connectivity index (χ1n) is 5.21. The molecule has 0 aliphatic carbocycles. The largest absolute Gasteiger partial charge is 0.480 e. The molecule has 1 aromatic heterocycles. The van der Waals surface area contributed by atoms with Crippen LogP contribution in [0.3, 0.4) is 0 Å². The first kappa shape index (κ1) is 14.4. The van der Waals surface area contributed by atoms with Crippen molar-refractivity contribution < 1.29 is 17.9 Å². The monoisotopic (exact) mass is 273 g/mol. The summed E-state index contributed by atoms with van der Waals surface area (Å²) in [6.45, 7) is 0.216. The summed E-state index contributed by atoms with van der Waals surface area (Å²) in [5.74, 6) is -0.312. The Labute approximate surface area is 105 Å². The molecule has 0 unspecified atom stereocenters. The van der Waals surface area contributed by atoms with Gasteiger partial charge < -0.3 is 10.1 Å². The Morgan fingerprint density at radius 2 is 2.28 bits per heavy atom. The van der Waals surface area contributed by atoms with Crippen LogP contribution in [0.25, 0.3) is 0 Å². The zero-order valence-corrected chi connectivity index (χ0v) is 10.7. The van der Waals surface area contributed by atoms with Crippen molar-refractivity contribution in [3.63, 3.8) is 0 Å². The number of amides is 1. The molecule has 3 N–H and O–H groups in total. The topological polar surface area (TPSA) is 111 Å². The second-order valence-corrected chi connectivity index (χ2v) is 5.27. The molecular formula is C10H15N3O4S. The van der Waals surface area contributed by atoms with E-state index in [1.807, 2.05) is 0 Å². The average Bonchev–Trinajstić information content (AvgIpc) is 2.33. The van der Waals surface area contributed by atoms with Crippen LogP contribution >= 0.6 is 0 Å². The molecule has 0 spiro atoms. The molecule has 1 aromatic rings. The van der Waals surface area contributed by atoms with Gasteiger partial charge in [0.15, 0.2) is 0 Å². The van der Waals surface area contributed by atoms with E-state index in [1.165, 1.54) is 13.3 Å². The Morgan fingerprint density at radius 3 is 2.89 bits per heavy atom. The summed E-state index contributed by atoms with van der Waals surface area (Å²) in [5.41, 5.74) is 0.301. The minimum atomic E-state index is -3.49. The van der Waals surface area contributed by atoms with Crippen molar-refractivity contribution in [2.45, 2.75) is 6.42 Å².